The number of aliphatic hydroxyl groups is 3. The van der Waals surface area contributed by atoms with E-state index in [1.807, 2.05) is 33.9 Å². The summed E-state index contributed by atoms with van der Waals surface area (Å²) in [7, 11) is -2.20. The maximum atomic E-state index is 11.0. The van der Waals surface area contributed by atoms with Gasteiger partial charge in [-0.2, -0.15) is 0 Å². The molecule has 118 valence electrons. The molecule has 0 bridgehead atoms. The number of rotatable bonds is 3. The third-order valence-electron chi connectivity index (χ3n) is 4.49. The first-order valence-corrected chi connectivity index (χ1v) is 9.71. The van der Waals surface area contributed by atoms with Crippen molar-refractivity contribution >= 4 is 14.3 Å². The Morgan fingerprint density at radius 1 is 1.20 bits per heavy atom. The maximum absolute atomic E-state index is 11.0. The number of carboxylic acid groups (broad SMARTS) is 1. The van der Waals surface area contributed by atoms with Gasteiger partial charge in [0.05, 0.1) is 18.3 Å². The molecule has 0 amide bonds. The minimum absolute atomic E-state index is 0.0903. The maximum Gasteiger partial charge on any atom is 0.335 e. The fourth-order valence-electron chi connectivity index (χ4n) is 2.11. The fraction of sp³-hybridized carbons (Fsp3) is 0.923. The van der Waals surface area contributed by atoms with E-state index in [0.29, 0.717) is 0 Å². The minimum Gasteiger partial charge on any atom is -0.479 e. The first kappa shape index (κ1) is 17.6. The lowest BCUT2D eigenvalue weighted by molar-refractivity contribution is -0.185. The van der Waals surface area contributed by atoms with Gasteiger partial charge in [-0.3, -0.25) is 0 Å². The standard InChI is InChI=1S/C13H26O6Si/c1-12(2,3)20(4,5)19-10-8(14)6-13(18,11(16)17)7-9(10)15/h8-10,14-15,18H,6-7H2,1-5H3,(H,16,17). The lowest BCUT2D eigenvalue weighted by atomic mass is 9.80. The molecule has 1 aliphatic carbocycles. The van der Waals surface area contributed by atoms with Crippen molar-refractivity contribution in [3.63, 3.8) is 0 Å². The van der Waals surface area contributed by atoms with Gasteiger partial charge in [-0.05, 0) is 18.1 Å². The van der Waals surface area contributed by atoms with Crippen LogP contribution in [-0.4, -0.2) is 58.6 Å². The average molecular weight is 306 g/mol. The molecule has 0 aromatic rings. The first-order chi connectivity index (χ1) is 8.80. The van der Waals surface area contributed by atoms with Crippen molar-refractivity contribution in [2.24, 2.45) is 0 Å². The molecule has 0 radical (unpaired) electrons. The van der Waals surface area contributed by atoms with E-state index in [-0.39, 0.29) is 17.9 Å². The molecular weight excluding hydrogens is 280 g/mol. The molecule has 1 rings (SSSR count). The first-order valence-electron chi connectivity index (χ1n) is 6.80. The Morgan fingerprint density at radius 2 is 1.60 bits per heavy atom. The van der Waals surface area contributed by atoms with Crippen LogP contribution in [0.3, 0.4) is 0 Å². The Morgan fingerprint density at radius 3 is 1.90 bits per heavy atom. The number of aliphatic hydroxyl groups excluding tert-OH is 2. The Bertz CT molecular complexity index is 364. The summed E-state index contributed by atoms with van der Waals surface area (Å²) in [6.07, 6.45) is -3.92. The lowest BCUT2D eigenvalue weighted by Crippen LogP contribution is -2.60. The molecule has 0 aromatic carbocycles. The molecule has 2 atom stereocenters. The van der Waals surface area contributed by atoms with Gasteiger partial charge in [0.2, 0.25) is 0 Å². The van der Waals surface area contributed by atoms with Gasteiger partial charge in [-0.15, -0.1) is 0 Å². The van der Waals surface area contributed by atoms with E-state index in [1.54, 1.807) is 0 Å². The van der Waals surface area contributed by atoms with Gasteiger partial charge in [0.25, 0.3) is 0 Å². The number of carboxylic acids is 1. The van der Waals surface area contributed by atoms with Gasteiger partial charge in [0.1, 0.15) is 0 Å². The molecule has 1 saturated carbocycles. The summed E-state index contributed by atoms with van der Waals surface area (Å²) in [4.78, 5) is 11.0. The third kappa shape index (κ3) is 3.40. The summed E-state index contributed by atoms with van der Waals surface area (Å²) in [6.45, 7) is 10.1. The van der Waals surface area contributed by atoms with Gasteiger partial charge in [0.15, 0.2) is 13.9 Å². The van der Waals surface area contributed by atoms with Crippen LogP contribution in [0.5, 0.6) is 0 Å². The quantitative estimate of drug-likeness (QED) is 0.572. The second kappa shape index (κ2) is 5.38. The van der Waals surface area contributed by atoms with Gasteiger partial charge in [-0.1, -0.05) is 20.8 Å². The SMILES string of the molecule is CC(C)(C)[Si](C)(C)OC1C(O)CC(O)(C(=O)O)CC1O. The van der Waals surface area contributed by atoms with Crippen LogP contribution >= 0.6 is 0 Å². The molecule has 0 saturated heterocycles. The zero-order valence-corrected chi connectivity index (χ0v) is 13.8. The Kier molecular flexibility index (Phi) is 4.73. The van der Waals surface area contributed by atoms with E-state index in [2.05, 4.69) is 0 Å². The van der Waals surface area contributed by atoms with Crippen LogP contribution in [-0.2, 0) is 9.22 Å². The monoisotopic (exact) mass is 306 g/mol. The summed E-state index contributed by atoms with van der Waals surface area (Å²) >= 11 is 0. The summed E-state index contributed by atoms with van der Waals surface area (Å²) < 4.78 is 5.98. The summed E-state index contributed by atoms with van der Waals surface area (Å²) in [5.41, 5.74) is -2.09. The second-order valence-corrected chi connectivity index (χ2v) is 12.0. The van der Waals surface area contributed by atoms with E-state index in [1.165, 1.54) is 0 Å². The number of aliphatic carboxylic acids is 1. The molecule has 1 fully saturated rings. The van der Waals surface area contributed by atoms with Crippen LogP contribution in [0.25, 0.3) is 0 Å². The van der Waals surface area contributed by atoms with Gasteiger partial charge >= 0.3 is 5.97 Å². The van der Waals surface area contributed by atoms with Crippen molar-refractivity contribution in [3.05, 3.63) is 0 Å². The highest BCUT2D eigenvalue weighted by atomic mass is 28.4. The van der Waals surface area contributed by atoms with E-state index in [0.717, 1.165) is 0 Å². The number of hydrogen-bond acceptors (Lipinski definition) is 5. The highest BCUT2D eigenvalue weighted by Crippen LogP contribution is 2.40. The minimum atomic E-state index is -2.20. The summed E-state index contributed by atoms with van der Waals surface area (Å²) in [5, 5.41) is 38.9. The molecule has 0 heterocycles. The van der Waals surface area contributed by atoms with Crippen molar-refractivity contribution in [2.75, 3.05) is 0 Å². The molecule has 7 heteroatoms. The van der Waals surface area contributed by atoms with Crippen molar-refractivity contribution in [2.45, 2.75) is 75.7 Å². The predicted molar refractivity (Wildman–Crippen MR) is 75.9 cm³/mol. The molecule has 2 unspecified atom stereocenters. The molecular formula is C13H26O6Si. The number of carbonyl (C=O) groups is 1. The summed E-state index contributed by atoms with van der Waals surface area (Å²) in [6, 6.07) is 0. The molecule has 0 spiro atoms. The molecule has 0 aromatic heterocycles. The van der Waals surface area contributed by atoms with Crippen molar-refractivity contribution < 1.29 is 29.6 Å². The van der Waals surface area contributed by atoms with Crippen LogP contribution in [0.4, 0.5) is 0 Å². The van der Waals surface area contributed by atoms with E-state index < -0.39 is 38.2 Å². The zero-order chi connectivity index (χ0) is 15.9. The van der Waals surface area contributed by atoms with E-state index >= 15 is 0 Å². The predicted octanol–water partition coefficient (Wildman–Crippen LogP) is 0.708. The van der Waals surface area contributed by atoms with Crippen LogP contribution < -0.4 is 0 Å². The van der Waals surface area contributed by atoms with Gasteiger partial charge in [0, 0.05) is 12.8 Å². The highest BCUT2D eigenvalue weighted by Gasteiger charge is 2.51. The molecule has 6 nitrogen and oxygen atoms in total. The lowest BCUT2D eigenvalue weighted by Gasteiger charge is -2.46. The van der Waals surface area contributed by atoms with Crippen LogP contribution in [0, 0.1) is 0 Å². The van der Waals surface area contributed by atoms with Gasteiger partial charge < -0.3 is 24.9 Å². The summed E-state index contributed by atoms with van der Waals surface area (Å²) in [5.74, 6) is -1.43. The van der Waals surface area contributed by atoms with Crippen LogP contribution in [0.2, 0.25) is 18.1 Å². The molecule has 4 N–H and O–H groups in total. The highest BCUT2D eigenvalue weighted by molar-refractivity contribution is 6.74. The van der Waals surface area contributed by atoms with Crippen LogP contribution in [0.15, 0.2) is 0 Å². The average Bonchev–Trinajstić information content (AvgIpc) is 2.21. The molecule has 0 aliphatic heterocycles. The second-order valence-electron chi connectivity index (χ2n) is 7.22. The third-order valence-corrected chi connectivity index (χ3v) is 8.96. The fourth-order valence-corrected chi connectivity index (χ4v) is 3.46. The topological polar surface area (TPSA) is 107 Å². The van der Waals surface area contributed by atoms with Crippen LogP contribution in [0.1, 0.15) is 33.6 Å². The zero-order valence-electron chi connectivity index (χ0n) is 12.8. The molecule has 20 heavy (non-hydrogen) atoms. The largest absolute Gasteiger partial charge is 0.479 e. The van der Waals surface area contributed by atoms with E-state index in [4.69, 9.17) is 9.53 Å². The van der Waals surface area contributed by atoms with E-state index in [9.17, 15) is 20.1 Å². The normalized spacial score (nSPS) is 35.9. The Labute approximate surface area is 120 Å². The smallest absolute Gasteiger partial charge is 0.335 e. The Balaban J connectivity index is 2.88. The van der Waals surface area contributed by atoms with Gasteiger partial charge in [-0.25, -0.2) is 4.79 Å². The number of hydrogen-bond donors (Lipinski definition) is 4. The van der Waals surface area contributed by atoms with Crippen molar-refractivity contribution in [3.8, 4) is 0 Å². The Hall–Kier alpha value is -0.473. The van der Waals surface area contributed by atoms with Crippen molar-refractivity contribution in [1.82, 2.24) is 0 Å². The van der Waals surface area contributed by atoms with Crippen molar-refractivity contribution in [1.29, 1.82) is 0 Å². The molecule has 1 aliphatic rings.